The molecule has 0 unspecified atom stereocenters. The summed E-state index contributed by atoms with van der Waals surface area (Å²) in [6.45, 7) is 6.40. The molecule has 1 amide bonds. The number of amides is 1. The minimum atomic E-state index is -0.262. The maximum absolute atomic E-state index is 12.2. The summed E-state index contributed by atoms with van der Waals surface area (Å²) in [6.07, 6.45) is 0. The van der Waals surface area contributed by atoms with Crippen molar-refractivity contribution in [2.75, 3.05) is 11.9 Å². The Balaban J connectivity index is 1.67. The number of thiazole rings is 1. The summed E-state index contributed by atoms with van der Waals surface area (Å²) in [4.78, 5) is 16.6. The van der Waals surface area contributed by atoms with Crippen LogP contribution in [-0.4, -0.2) is 17.5 Å². The molecule has 1 heterocycles. The summed E-state index contributed by atoms with van der Waals surface area (Å²) in [5, 5.41) is 3.95. The molecule has 3 rings (SSSR count). The second-order valence-corrected chi connectivity index (χ2v) is 9.18. The van der Waals surface area contributed by atoms with Gasteiger partial charge in [0.2, 0.25) is 0 Å². The lowest BCUT2D eigenvalue weighted by molar-refractivity contribution is -0.118. The van der Waals surface area contributed by atoms with Crippen LogP contribution in [0.2, 0.25) is 5.02 Å². The Morgan fingerprint density at radius 3 is 2.73 bits per heavy atom. The van der Waals surface area contributed by atoms with Crippen LogP contribution in [0.5, 0.6) is 5.75 Å². The molecule has 2 aromatic carbocycles. The van der Waals surface area contributed by atoms with Gasteiger partial charge in [-0.15, -0.1) is 0 Å². The molecule has 136 valence electrons. The molecule has 1 aromatic heterocycles. The zero-order valence-electron chi connectivity index (χ0n) is 14.6. The van der Waals surface area contributed by atoms with Crippen molar-refractivity contribution in [1.29, 1.82) is 0 Å². The van der Waals surface area contributed by atoms with Crippen LogP contribution in [0, 0.1) is 0 Å². The molecule has 7 heteroatoms. The van der Waals surface area contributed by atoms with E-state index in [1.807, 2.05) is 6.07 Å². The highest BCUT2D eigenvalue weighted by molar-refractivity contribution is 9.10. The van der Waals surface area contributed by atoms with E-state index in [-0.39, 0.29) is 17.9 Å². The number of carbonyl (C=O) groups is 1. The minimum Gasteiger partial charge on any atom is -0.483 e. The van der Waals surface area contributed by atoms with Gasteiger partial charge < -0.3 is 4.74 Å². The summed E-state index contributed by atoms with van der Waals surface area (Å²) in [7, 11) is 0. The van der Waals surface area contributed by atoms with Crippen LogP contribution in [0.25, 0.3) is 10.2 Å². The van der Waals surface area contributed by atoms with Crippen LogP contribution in [0.3, 0.4) is 0 Å². The van der Waals surface area contributed by atoms with Crippen molar-refractivity contribution in [2.24, 2.45) is 0 Å². The van der Waals surface area contributed by atoms with Gasteiger partial charge in [-0.05, 0) is 57.2 Å². The lowest BCUT2D eigenvalue weighted by Crippen LogP contribution is -2.20. The maximum atomic E-state index is 12.2. The van der Waals surface area contributed by atoms with E-state index in [2.05, 4.69) is 59.1 Å². The Kier molecular flexibility index (Phi) is 5.55. The Morgan fingerprint density at radius 1 is 1.27 bits per heavy atom. The Morgan fingerprint density at radius 2 is 2.04 bits per heavy atom. The SMILES string of the molecule is CC(C)(C)c1ccc2nc(NC(=O)COc3ccc(Cl)cc3Br)sc2c1. The van der Waals surface area contributed by atoms with E-state index in [1.54, 1.807) is 18.2 Å². The first-order chi connectivity index (χ1) is 12.2. The van der Waals surface area contributed by atoms with Crippen molar-refractivity contribution in [1.82, 2.24) is 4.98 Å². The van der Waals surface area contributed by atoms with Gasteiger partial charge in [0.15, 0.2) is 11.7 Å². The van der Waals surface area contributed by atoms with E-state index in [0.717, 1.165) is 10.2 Å². The van der Waals surface area contributed by atoms with Crippen LogP contribution < -0.4 is 10.1 Å². The fourth-order valence-corrected chi connectivity index (χ4v) is 4.05. The summed E-state index contributed by atoms with van der Waals surface area (Å²) in [6, 6.07) is 11.3. The van der Waals surface area contributed by atoms with Crippen molar-refractivity contribution in [3.8, 4) is 5.75 Å². The number of hydrogen-bond acceptors (Lipinski definition) is 4. The predicted octanol–water partition coefficient (Wildman–Crippen LogP) is 6.03. The second kappa shape index (κ2) is 7.55. The van der Waals surface area contributed by atoms with Crippen molar-refractivity contribution in [3.05, 3.63) is 51.5 Å². The van der Waals surface area contributed by atoms with Gasteiger partial charge in [0.25, 0.3) is 5.91 Å². The zero-order chi connectivity index (χ0) is 18.9. The monoisotopic (exact) mass is 452 g/mol. The molecule has 0 saturated heterocycles. The fraction of sp³-hybridized carbons (Fsp3) is 0.263. The molecule has 0 bridgehead atoms. The third-order valence-electron chi connectivity index (χ3n) is 3.75. The van der Waals surface area contributed by atoms with Gasteiger partial charge in [0.1, 0.15) is 5.75 Å². The number of carbonyl (C=O) groups excluding carboxylic acids is 1. The predicted molar refractivity (Wildman–Crippen MR) is 112 cm³/mol. The second-order valence-electron chi connectivity index (χ2n) is 6.86. The molecule has 0 aliphatic carbocycles. The molecule has 26 heavy (non-hydrogen) atoms. The summed E-state index contributed by atoms with van der Waals surface area (Å²) >= 11 is 10.7. The first kappa shape index (κ1) is 19.1. The highest BCUT2D eigenvalue weighted by Crippen LogP contribution is 2.31. The molecule has 0 radical (unpaired) electrons. The molecule has 0 saturated carbocycles. The quantitative estimate of drug-likeness (QED) is 0.525. The zero-order valence-corrected chi connectivity index (χ0v) is 17.8. The lowest BCUT2D eigenvalue weighted by Gasteiger charge is -2.18. The van der Waals surface area contributed by atoms with E-state index in [1.165, 1.54) is 16.9 Å². The fourth-order valence-electron chi connectivity index (χ4n) is 2.34. The van der Waals surface area contributed by atoms with Crippen LogP contribution in [0.15, 0.2) is 40.9 Å². The van der Waals surface area contributed by atoms with Gasteiger partial charge in [0.05, 0.1) is 14.7 Å². The number of hydrogen-bond donors (Lipinski definition) is 1. The molecule has 0 fully saturated rings. The number of fused-ring (bicyclic) bond motifs is 1. The van der Waals surface area contributed by atoms with E-state index < -0.39 is 0 Å². The standard InChI is InChI=1S/C19H18BrClN2O2S/c1-19(2,3)11-4-6-14-16(8-11)26-18(22-14)23-17(24)10-25-15-7-5-12(21)9-13(15)20/h4-9H,10H2,1-3H3,(H,22,23,24). The highest BCUT2D eigenvalue weighted by atomic mass is 79.9. The van der Waals surface area contributed by atoms with E-state index in [4.69, 9.17) is 16.3 Å². The Bertz CT molecular complexity index is 966. The van der Waals surface area contributed by atoms with Gasteiger partial charge in [-0.25, -0.2) is 4.98 Å². The van der Waals surface area contributed by atoms with Gasteiger partial charge in [0, 0.05) is 5.02 Å². The van der Waals surface area contributed by atoms with Crippen LogP contribution in [0.1, 0.15) is 26.3 Å². The number of anilines is 1. The molecule has 4 nitrogen and oxygen atoms in total. The average Bonchev–Trinajstić information content (AvgIpc) is 2.94. The Hall–Kier alpha value is -1.63. The number of nitrogens with zero attached hydrogens (tertiary/aromatic N) is 1. The molecule has 0 aliphatic rings. The number of halogens is 2. The lowest BCUT2D eigenvalue weighted by atomic mass is 9.87. The first-order valence-corrected chi connectivity index (χ1v) is 10.00. The van der Waals surface area contributed by atoms with Gasteiger partial charge in [-0.2, -0.15) is 0 Å². The highest BCUT2D eigenvalue weighted by Gasteiger charge is 2.16. The van der Waals surface area contributed by atoms with Crippen molar-refractivity contribution in [3.63, 3.8) is 0 Å². The van der Waals surface area contributed by atoms with Crippen LogP contribution in [-0.2, 0) is 10.2 Å². The largest absolute Gasteiger partial charge is 0.483 e. The molecule has 0 atom stereocenters. The summed E-state index contributed by atoms with van der Waals surface area (Å²) < 4.78 is 7.27. The van der Waals surface area contributed by atoms with E-state index in [9.17, 15) is 4.79 Å². The first-order valence-electron chi connectivity index (χ1n) is 8.01. The van der Waals surface area contributed by atoms with Crippen LogP contribution >= 0.6 is 38.9 Å². The maximum Gasteiger partial charge on any atom is 0.264 e. The van der Waals surface area contributed by atoms with Crippen molar-refractivity contribution >= 4 is 60.1 Å². The number of aromatic nitrogens is 1. The van der Waals surface area contributed by atoms with Crippen molar-refractivity contribution in [2.45, 2.75) is 26.2 Å². The number of nitrogens with one attached hydrogen (secondary N) is 1. The smallest absolute Gasteiger partial charge is 0.264 e. The van der Waals surface area contributed by atoms with Gasteiger partial charge >= 0.3 is 0 Å². The Labute approximate surface area is 169 Å². The number of benzene rings is 2. The van der Waals surface area contributed by atoms with Crippen LogP contribution in [0.4, 0.5) is 5.13 Å². The molecule has 3 aromatic rings. The van der Waals surface area contributed by atoms with E-state index >= 15 is 0 Å². The third-order valence-corrected chi connectivity index (χ3v) is 5.54. The normalized spacial score (nSPS) is 11.6. The molecule has 1 N–H and O–H groups in total. The molecular weight excluding hydrogens is 436 g/mol. The summed E-state index contributed by atoms with van der Waals surface area (Å²) in [5.74, 6) is 0.297. The third kappa shape index (κ3) is 4.55. The van der Waals surface area contributed by atoms with Gasteiger partial charge in [-0.1, -0.05) is 49.8 Å². The molecule has 0 spiro atoms. The minimum absolute atomic E-state index is 0.0708. The van der Waals surface area contributed by atoms with Gasteiger partial charge in [-0.3, -0.25) is 10.1 Å². The van der Waals surface area contributed by atoms with E-state index in [0.29, 0.717) is 20.4 Å². The average molecular weight is 454 g/mol. The number of rotatable bonds is 4. The molecular formula is C19H18BrClN2O2S. The summed E-state index contributed by atoms with van der Waals surface area (Å²) in [5.41, 5.74) is 2.18. The number of ether oxygens (including phenoxy) is 1. The topological polar surface area (TPSA) is 51.2 Å². The molecule has 0 aliphatic heterocycles. The van der Waals surface area contributed by atoms with Crippen molar-refractivity contribution < 1.29 is 9.53 Å².